The van der Waals surface area contributed by atoms with Crippen molar-refractivity contribution in [3.63, 3.8) is 0 Å². The highest BCUT2D eigenvalue weighted by atomic mass is 16.5. The monoisotopic (exact) mass is 309 g/mol. The van der Waals surface area contributed by atoms with Gasteiger partial charge in [-0.15, -0.1) is 0 Å². The van der Waals surface area contributed by atoms with Crippen LogP contribution in [0.2, 0.25) is 0 Å². The molecular formula is C16H27N3O3. The third-order valence-electron chi connectivity index (χ3n) is 4.17. The summed E-state index contributed by atoms with van der Waals surface area (Å²) in [5.74, 6) is 1.62. The number of hydrogen-bond donors (Lipinski definition) is 2. The Bertz CT molecular complexity index is 485. The number of nitrogens with zero attached hydrogens (tertiary/aromatic N) is 2. The van der Waals surface area contributed by atoms with E-state index in [0.717, 1.165) is 25.7 Å². The van der Waals surface area contributed by atoms with Crippen molar-refractivity contribution in [1.29, 1.82) is 0 Å². The minimum Gasteiger partial charge on any atom is -0.396 e. The number of carbonyl (C=O) groups excluding carboxylic acids is 1. The lowest BCUT2D eigenvalue weighted by Gasteiger charge is -2.27. The van der Waals surface area contributed by atoms with Crippen molar-refractivity contribution in [2.45, 2.75) is 70.8 Å². The Kier molecular flexibility index (Phi) is 5.56. The van der Waals surface area contributed by atoms with Crippen molar-refractivity contribution in [2.24, 2.45) is 5.92 Å². The van der Waals surface area contributed by atoms with E-state index in [1.807, 2.05) is 20.8 Å². The molecule has 6 nitrogen and oxygen atoms in total. The fourth-order valence-electron chi connectivity index (χ4n) is 2.67. The van der Waals surface area contributed by atoms with Crippen LogP contribution >= 0.6 is 0 Å². The maximum atomic E-state index is 12.0. The Labute approximate surface area is 131 Å². The topological polar surface area (TPSA) is 88.2 Å². The number of aromatic nitrogens is 2. The predicted molar refractivity (Wildman–Crippen MR) is 82.3 cm³/mol. The molecule has 2 rings (SSSR count). The SMILES string of the molecule is CC(C)(C)c1noc(CCC(=O)NC2CCC(CO)CC2)n1. The lowest BCUT2D eigenvalue weighted by atomic mass is 9.86. The first-order valence-electron chi connectivity index (χ1n) is 8.11. The lowest BCUT2D eigenvalue weighted by molar-refractivity contribution is -0.122. The van der Waals surface area contributed by atoms with Crippen LogP contribution in [0, 0.1) is 5.92 Å². The van der Waals surface area contributed by atoms with Gasteiger partial charge in [-0.05, 0) is 31.6 Å². The van der Waals surface area contributed by atoms with Gasteiger partial charge < -0.3 is 14.9 Å². The molecule has 1 saturated carbocycles. The largest absolute Gasteiger partial charge is 0.396 e. The number of carbonyl (C=O) groups is 1. The zero-order valence-electron chi connectivity index (χ0n) is 13.8. The standard InChI is InChI=1S/C16H27N3O3/c1-16(2,3)15-18-14(22-19-15)9-8-13(21)17-12-6-4-11(10-20)5-7-12/h11-12,20H,4-10H2,1-3H3,(H,17,21). The number of rotatable bonds is 5. The number of amides is 1. The molecule has 0 saturated heterocycles. The molecule has 1 aliphatic rings. The van der Waals surface area contributed by atoms with Crippen molar-refractivity contribution in [3.05, 3.63) is 11.7 Å². The van der Waals surface area contributed by atoms with E-state index in [1.165, 1.54) is 0 Å². The molecule has 0 bridgehead atoms. The molecule has 1 heterocycles. The lowest BCUT2D eigenvalue weighted by Crippen LogP contribution is -2.38. The van der Waals surface area contributed by atoms with Gasteiger partial charge in [-0.3, -0.25) is 4.79 Å². The summed E-state index contributed by atoms with van der Waals surface area (Å²) in [6.07, 6.45) is 4.71. The summed E-state index contributed by atoms with van der Waals surface area (Å²) in [5.41, 5.74) is -0.143. The van der Waals surface area contributed by atoms with Gasteiger partial charge >= 0.3 is 0 Å². The van der Waals surface area contributed by atoms with E-state index in [4.69, 9.17) is 9.63 Å². The Morgan fingerprint density at radius 2 is 2.00 bits per heavy atom. The molecule has 0 atom stereocenters. The van der Waals surface area contributed by atoms with Gasteiger partial charge in [0.2, 0.25) is 11.8 Å². The number of aliphatic hydroxyl groups excluding tert-OH is 1. The van der Waals surface area contributed by atoms with Crippen LogP contribution < -0.4 is 5.32 Å². The quantitative estimate of drug-likeness (QED) is 0.868. The van der Waals surface area contributed by atoms with E-state index in [9.17, 15) is 4.79 Å². The van der Waals surface area contributed by atoms with E-state index in [2.05, 4.69) is 15.5 Å². The van der Waals surface area contributed by atoms with Gasteiger partial charge in [-0.1, -0.05) is 25.9 Å². The van der Waals surface area contributed by atoms with Crippen LogP contribution in [0.1, 0.15) is 64.6 Å². The van der Waals surface area contributed by atoms with Gasteiger partial charge in [0.05, 0.1) is 0 Å². The van der Waals surface area contributed by atoms with Crippen LogP contribution in [0.3, 0.4) is 0 Å². The molecule has 0 radical (unpaired) electrons. The molecule has 0 unspecified atom stereocenters. The van der Waals surface area contributed by atoms with Gasteiger partial charge in [-0.2, -0.15) is 4.98 Å². The first kappa shape index (κ1) is 16.9. The normalized spacial score (nSPS) is 22.5. The minimum absolute atomic E-state index is 0.0305. The van der Waals surface area contributed by atoms with E-state index < -0.39 is 0 Å². The second-order valence-electron chi connectivity index (χ2n) is 7.23. The maximum absolute atomic E-state index is 12.0. The van der Waals surface area contributed by atoms with E-state index in [0.29, 0.717) is 30.5 Å². The van der Waals surface area contributed by atoms with Crippen LogP contribution in [-0.4, -0.2) is 33.8 Å². The average molecular weight is 309 g/mol. The summed E-state index contributed by atoms with van der Waals surface area (Å²) in [7, 11) is 0. The molecule has 1 fully saturated rings. The molecule has 6 heteroatoms. The molecule has 1 aliphatic carbocycles. The van der Waals surface area contributed by atoms with Crippen LogP contribution in [-0.2, 0) is 16.6 Å². The summed E-state index contributed by atoms with van der Waals surface area (Å²) in [6, 6.07) is 0.239. The van der Waals surface area contributed by atoms with E-state index >= 15 is 0 Å². The van der Waals surface area contributed by atoms with Gasteiger partial charge in [0.1, 0.15) is 0 Å². The molecular weight excluding hydrogens is 282 g/mol. The second-order valence-corrected chi connectivity index (χ2v) is 7.23. The molecule has 2 N–H and O–H groups in total. The third-order valence-corrected chi connectivity index (χ3v) is 4.17. The van der Waals surface area contributed by atoms with Crippen molar-refractivity contribution in [3.8, 4) is 0 Å². The molecule has 22 heavy (non-hydrogen) atoms. The van der Waals surface area contributed by atoms with Gasteiger partial charge in [-0.25, -0.2) is 0 Å². The summed E-state index contributed by atoms with van der Waals surface area (Å²) < 4.78 is 5.19. The van der Waals surface area contributed by atoms with Crippen LogP contribution in [0.25, 0.3) is 0 Å². The minimum atomic E-state index is -0.143. The number of hydrogen-bond acceptors (Lipinski definition) is 5. The molecule has 1 aromatic heterocycles. The summed E-state index contributed by atoms with van der Waals surface area (Å²) >= 11 is 0. The Morgan fingerprint density at radius 1 is 1.32 bits per heavy atom. The van der Waals surface area contributed by atoms with Crippen LogP contribution in [0.4, 0.5) is 0 Å². The van der Waals surface area contributed by atoms with E-state index in [-0.39, 0.29) is 24.0 Å². The van der Waals surface area contributed by atoms with Gasteiger partial charge in [0.15, 0.2) is 5.82 Å². The molecule has 1 aromatic rings. The summed E-state index contributed by atoms with van der Waals surface area (Å²) in [4.78, 5) is 16.3. The summed E-state index contributed by atoms with van der Waals surface area (Å²) in [6.45, 7) is 6.33. The Morgan fingerprint density at radius 3 is 2.55 bits per heavy atom. The average Bonchev–Trinajstić information content (AvgIpc) is 2.95. The highest BCUT2D eigenvalue weighted by Crippen LogP contribution is 2.23. The predicted octanol–water partition coefficient (Wildman–Crippen LogP) is 1.97. The molecule has 0 spiro atoms. The highest BCUT2D eigenvalue weighted by molar-refractivity contribution is 5.76. The molecule has 124 valence electrons. The molecule has 0 aliphatic heterocycles. The third kappa shape index (κ3) is 4.80. The Balaban J connectivity index is 1.73. The highest BCUT2D eigenvalue weighted by Gasteiger charge is 2.23. The first-order chi connectivity index (χ1) is 10.4. The molecule has 1 amide bonds. The van der Waals surface area contributed by atoms with Gasteiger partial charge in [0.25, 0.3) is 0 Å². The van der Waals surface area contributed by atoms with Gasteiger partial charge in [0, 0.05) is 30.9 Å². The number of nitrogens with one attached hydrogen (secondary N) is 1. The fourth-order valence-corrected chi connectivity index (χ4v) is 2.67. The van der Waals surface area contributed by atoms with Crippen molar-refractivity contribution < 1.29 is 14.4 Å². The number of aliphatic hydroxyl groups is 1. The Hall–Kier alpha value is -1.43. The fraction of sp³-hybridized carbons (Fsp3) is 0.812. The second kappa shape index (κ2) is 7.22. The van der Waals surface area contributed by atoms with Crippen molar-refractivity contribution >= 4 is 5.91 Å². The van der Waals surface area contributed by atoms with Crippen LogP contribution in [0.5, 0.6) is 0 Å². The molecule has 0 aromatic carbocycles. The van der Waals surface area contributed by atoms with Crippen molar-refractivity contribution in [1.82, 2.24) is 15.5 Å². The smallest absolute Gasteiger partial charge is 0.227 e. The first-order valence-corrected chi connectivity index (χ1v) is 8.11. The summed E-state index contributed by atoms with van der Waals surface area (Å²) in [5, 5.41) is 16.1. The van der Waals surface area contributed by atoms with E-state index in [1.54, 1.807) is 0 Å². The maximum Gasteiger partial charge on any atom is 0.227 e. The van der Waals surface area contributed by atoms with Crippen LogP contribution in [0.15, 0.2) is 4.52 Å². The zero-order chi connectivity index (χ0) is 16.2. The number of aryl methyl sites for hydroxylation is 1. The zero-order valence-corrected chi connectivity index (χ0v) is 13.8. The van der Waals surface area contributed by atoms with Crippen molar-refractivity contribution in [2.75, 3.05) is 6.61 Å².